The van der Waals surface area contributed by atoms with Gasteiger partial charge in [0.2, 0.25) is 5.91 Å². The van der Waals surface area contributed by atoms with Crippen LogP contribution in [-0.4, -0.2) is 24.0 Å². The summed E-state index contributed by atoms with van der Waals surface area (Å²) in [4.78, 5) is 18.4. The highest BCUT2D eigenvalue weighted by atomic mass is 35.5. The molecule has 4 rings (SSSR count). The zero-order valence-corrected chi connectivity index (χ0v) is 16.9. The van der Waals surface area contributed by atoms with Gasteiger partial charge in [-0.15, -0.1) is 23.7 Å². The van der Waals surface area contributed by atoms with Crippen LogP contribution >= 0.6 is 23.7 Å². The summed E-state index contributed by atoms with van der Waals surface area (Å²) in [6.45, 7) is 6.21. The van der Waals surface area contributed by atoms with Gasteiger partial charge in [-0.25, -0.2) is 4.98 Å². The van der Waals surface area contributed by atoms with E-state index in [0.29, 0.717) is 0 Å². The largest absolute Gasteiger partial charge is 0.317 e. The van der Waals surface area contributed by atoms with Crippen molar-refractivity contribution >= 4 is 34.8 Å². The van der Waals surface area contributed by atoms with Crippen molar-refractivity contribution in [1.29, 1.82) is 0 Å². The second-order valence-corrected chi connectivity index (χ2v) is 8.63. The van der Waals surface area contributed by atoms with Crippen LogP contribution in [0.1, 0.15) is 41.0 Å². The number of thiazole rings is 1. The summed E-state index contributed by atoms with van der Waals surface area (Å²) in [7, 11) is 0. The Labute approximate surface area is 165 Å². The second kappa shape index (κ2) is 7.67. The van der Waals surface area contributed by atoms with Gasteiger partial charge in [0.25, 0.3) is 0 Å². The van der Waals surface area contributed by atoms with Gasteiger partial charge in [-0.3, -0.25) is 4.79 Å². The summed E-state index contributed by atoms with van der Waals surface area (Å²) in [5, 5.41) is 7.22. The number of aromatic nitrogens is 1. The first-order valence-corrected chi connectivity index (χ1v) is 9.91. The van der Waals surface area contributed by atoms with E-state index < -0.39 is 0 Å². The lowest BCUT2D eigenvalue weighted by atomic mass is 9.92. The molecule has 1 aromatic carbocycles. The van der Waals surface area contributed by atoms with E-state index in [4.69, 9.17) is 0 Å². The molecule has 0 bridgehead atoms. The van der Waals surface area contributed by atoms with Crippen LogP contribution in [0.2, 0.25) is 0 Å². The fourth-order valence-corrected chi connectivity index (χ4v) is 4.92. The maximum absolute atomic E-state index is 12.6. The molecule has 1 saturated heterocycles. The number of benzene rings is 1. The Morgan fingerprint density at radius 2 is 1.96 bits per heavy atom. The molecule has 1 saturated carbocycles. The Morgan fingerprint density at radius 1 is 1.27 bits per heavy atom. The van der Waals surface area contributed by atoms with Gasteiger partial charge in [-0.1, -0.05) is 29.8 Å². The normalized spacial score (nSPS) is 20.5. The third kappa shape index (κ3) is 3.95. The van der Waals surface area contributed by atoms with Crippen LogP contribution in [0.5, 0.6) is 0 Å². The minimum atomic E-state index is 0. The van der Waals surface area contributed by atoms with E-state index in [0.717, 1.165) is 49.6 Å². The molecule has 0 radical (unpaired) electrons. The zero-order chi connectivity index (χ0) is 17.4. The summed E-state index contributed by atoms with van der Waals surface area (Å²) >= 11 is 1.61. The molecule has 4 nitrogen and oxygen atoms in total. The fourth-order valence-electron chi connectivity index (χ4n) is 3.92. The molecule has 2 heterocycles. The Balaban J connectivity index is 0.00000196. The van der Waals surface area contributed by atoms with E-state index in [9.17, 15) is 4.79 Å². The maximum Gasteiger partial charge on any atom is 0.229 e. The molecule has 1 aliphatic carbocycles. The molecule has 1 amide bonds. The summed E-state index contributed by atoms with van der Waals surface area (Å²) in [6.07, 6.45) is 4.17. The van der Waals surface area contributed by atoms with Gasteiger partial charge in [0, 0.05) is 17.2 Å². The van der Waals surface area contributed by atoms with Crippen LogP contribution in [-0.2, 0) is 11.2 Å². The Hall–Kier alpha value is -1.43. The molecule has 1 aromatic heterocycles. The number of carbonyl (C=O) groups excluding carboxylic acids is 1. The number of nitrogens with one attached hydrogen (secondary N) is 2. The van der Waals surface area contributed by atoms with Crippen molar-refractivity contribution in [3.63, 3.8) is 0 Å². The highest BCUT2D eigenvalue weighted by molar-refractivity contribution is 7.15. The number of carbonyl (C=O) groups is 1. The van der Waals surface area contributed by atoms with E-state index in [2.05, 4.69) is 46.8 Å². The highest BCUT2D eigenvalue weighted by Gasteiger charge is 2.57. The van der Waals surface area contributed by atoms with Crippen molar-refractivity contribution < 1.29 is 4.79 Å². The van der Waals surface area contributed by atoms with Crippen molar-refractivity contribution in [3.05, 3.63) is 46.0 Å². The first-order chi connectivity index (χ1) is 12.1. The lowest BCUT2D eigenvalue weighted by Crippen LogP contribution is -2.31. The van der Waals surface area contributed by atoms with E-state index in [1.54, 1.807) is 11.3 Å². The lowest BCUT2D eigenvalue weighted by Gasteiger charge is -2.22. The molecule has 1 unspecified atom stereocenters. The lowest BCUT2D eigenvalue weighted by molar-refractivity contribution is -0.118. The third-order valence-electron chi connectivity index (χ3n) is 5.71. The summed E-state index contributed by atoms with van der Waals surface area (Å²) in [5.74, 6) is 0.344. The van der Waals surface area contributed by atoms with Crippen molar-refractivity contribution in [2.45, 2.75) is 39.5 Å². The predicted molar refractivity (Wildman–Crippen MR) is 109 cm³/mol. The van der Waals surface area contributed by atoms with Crippen molar-refractivity contribution in [2.75, 3.05) is 18.4 Å². The van der Waals surface area contributed by atoms with Gasteiger partial charge in [-0.05, 0) is 57.2 Å². The van der Waals surface area contributed by atoms with Crippen LogP contribution in [0.4, 0.5) is 5.13 Å². The number of hydrogen-bond donors (Lipinski definition) is 2. The van der Waals surface area contributed by atoms with E-state index in [-0.39, 0.29) is 29.6 Å². The number of rotatable bonds is 4. The maximum atomic E-state index is 12.6. The number of halogens is 1. The average Bonchev–Trinajstić information content (AvgIpc) is 3.18. The average molecular weight is 392 g/mol. The molecular formula is C20H26ClN3OS. The molecule has 26 heavy (non-hydrogen) atoms. The fraction of sp³-hybridized carbons (Fsp3) is 0.500. The van der Waals surface area contributed by atoms with Crippen LogP contribution in [0, 0.1) is 25.2 Å². The van der Waals surface area contributed by atoms with Gasteiger partial charge in [0.05, 0.1) is 5.69 Å². The molecule has 1 atom stereocenters. The predicted octanol–water partition coefficient (Wildman–Crippen LogP) is 4.10. The smallest absolute Gasteiger partial charge is 0.229 e. The Morgan fingerprint density at radius 3 is 2.65 bits per heavy atom. The van der Waals surface area contributed by atoms with Gasteiger partial charge < -0.3 is 10.6 Å². The number of aryl methyl sites for hydroxylation is 2. The Bertz CT molecular complexity index is 781. The number of piperidine rings is 1. The summed E-state index contributed by atoms with van der Waals surface area (Å²) in [5.41, 5.74) is 3.85. The van der Waals surface area contributed by atoms with Crippen LogP contribution in [0.15, 0.2) is 24.3 Å². The van der Waals surface area contributed by atoms with Gasteiger partial charge in [-0.2, -0.15) is 0 Å². The SMILES string of the molecule is Cc1ccc(Cc2sc(NC(=O)C3CC34CCNCC4)nc2C)cc1.Cl. The zero-order valence-electron chi connectivity index (χ0n) is 15.3. The molecule has 6 heteroatoms. The monoisotopic (exact) mass is 391 g/mol. The first-order valence-electron chi connectivity index (χ1n) is 9.09. The van der Waals surface area contributed by atoms with E-state index in [1.165, 1.54) is 16.0 Å². The number of hydrogen-bond acceptors (Lipinski definition) is 4. The van der Waals surface area contributed by atoms with E-state index in [1.807, 2.05) is 6.92 Å². The topological polar surface area (TPSA) is 54.0 Å². The standard InChI is InChI=1S/C20H25N3OS.ClH/c1-13-3-5-15(6-4-13)11-17-14(2)22-19(25-17)23-18(24)16-12-20(16)7-9-21-10-8-20;/h3-6,16,21H,7-12H2,1-2H3,(H,22,23,24);1H. The van der Waals surface area contributed by atoms with Crippen LogP contribution < -0.4 is 10.6 Å². The number of amides is 1. The third-order valence-corrected chi connectivity index (χ3v) is 6.79. The second-order valence-electron chi connectivity index (χ2n) is 7.55. The quantitative estimate of drug-likeness (QED) is 0.824. The first kappa shape index (κ1) is 19.3. The number of anilines is 1. The number of nitrogens with zero attached hydrogens (tertiary/aromatic N) is 1. The van der Waals surface area contributed by atoms with Crippen molar-refractivity contribution in [1.82, 2.24) is 10.3 Å². The minimum absolute atomic E-state index is 0. The molecule has 140 valence electrons. The molecular weight excluding hydrogens is 366 g/mol. The minimum Gasteiger partial charge on any atom is -0.317 e. The molecule has 2 N–H and O–H groups in total. The molecule has 1 spiro atoms. The van der Waals surface area contributed by atoms with E-state index >= 15 is 0 Å². The molecule has 2 aliphatic rings. The molecule has 2 aromatic rings. The van der Waals surface area contributed by atoms with Gasteiger partial charge in [0.1, 0.15) is 0 Å². The molecule has 2 fully saturated rings. The van der Waals surface area contributed by atoms with Gasteiger partial charge in [0.15, 0.2) is 5.13 Å². The van der Waals surface area contributed by atoms with Gasteiger partial charge >= 0.3 is 0 Å². The van der Waals surface area contributed by atoms with Crippen molar-refractivity contribution in [3.8, 4) is 0 Å². The Kier molecular flexibility index (Phi) is 5.70. The highest BCUT2D eigenvalue weighted by Crippen LogP contribution is 2.58. The summed E-state index contributed by atoms with van der Waals surface area (Å²) in [6, 6.07) is 8.61. The summed E-state index contributed by atoms with van der Waals surface area (Å²) < 4.78 is 0. The van der Waals surface area contributed by atoms with Crippen molar-refractivity contribution in [2.24, 2.45) is 11.3 Å². The molecule has 1 aliphatic heterocycles. The van der Waals surface area contributed by atoms with Crippen LogP contribution in [0.25, 0.3) is 0 Å². The van der Waals surface area contributed by atoms with Crippen LogP contribution in [0.3, 0.4) is 0 Å².